The van der Waals surface area contributed by atoms with Gasteiger partial charge in [-0.1, -0.05) is 6.92 Å². The molecule has 0 saturated heterocycles. The van der Waals surface area contributed by atoms with E-state index < -0.39 is 0 Å². The second kappa shape index (κ2) is 7.72. The van der Waals surface area contributed by atoms with Crippen LogP contribution in [0.1, 0.15) is 29.6 Å². The van der Waals surface area contributed by atoms with Crippen LogP contribution in [0.2, 0.25) is 0 Å². The predicted octanol–water partition coefficient (Wildman–Crippen LogP) is 4.84. The van der Waals surface area contributed by atoms with E-state index in [2.05, 4.69) is 55.9 Å². The highest BCUT2D eigenvalue weighted by Gasteiger charge is 2.11. The van der Waals surface area contributed by atoms with E-state index in [0.717, 1.165) is 38.2 Å². The molecule has 114 valence electrons. The zero-order valence-electron chi connectivity index (χ0n) is 12.0. The molecule has 2 aromatic rings. The zero-order valence-corrected chi connectivity index (χ0v) is 16.0. The number of nitrogens with two attached hydrogens (primary N) is 1. The van der Waals surface area contributed by atoms with Gasteiger partial charge in [-0.15, -0.1) is 11.3 Å². The lowest BCUT2D eigenvalue weighted by Gasteiger charge is -2.13. The smallest absolute Gasteiger partial charge is 0.148 e. The average molecular weight is 434 g/mol. The minimum absolute atomic E-state index is 0.188. The van der Waals surface area contributed by atoms with Crippen molar-refractivity contribution in [2.24, 2.45) is 5.73 Å². The van der Waals surface area contributed by atoms with E-state index >= 15 is 0 Å². The number of benzene rings is 1. The van der Waals surface area contributed by atoms with Crippen LogP contribution in [-0.4, -0.2) is 11.0 Å². The Morgan fingerprint density at radius 1 is 1.33 bits per heavy atom. The Kier molecular flexibility index (Phi) is 6.22. The Labute approximate surface area is 146 Å². The van der Waals surface area contributed by atoms with Crippen LogP contribution in [0.3, 0.4) is 0 Å². The molecule has 0 saturated carbocycles. The third-order valence-corrected chi connectivity index (χ3v) is 5.11. The summed E-state index contributed by atoms with van der Waals surface area (Å²) in [5.74, 6) is 0.800. The van der Waals surface area contributed by atoms with Gasteiger partial charge in [-0.05, 0) is 69.3 Å². The van der Waals surface area contributed by atoms with Gasteiger partial charge in [-0.2, -0.15) is 0 Å². The van der Waals surface area contributed by atoms with Gasteiger partial charge in [0.15, 0.2) is 0 Å². The fraction of sp³-hybridized carbons (Fsp3) is 0.400. The first-order chi connectivity index (χ1) is 9.99. The number of aryl methyl sites for hydroxylation is 1. The maximum atomic E-state index is 6.01. The van der Waals surface area contributed by atoms with Crippen LogP contribution in [0.25, 0.3) is 0 Å². The molecule has 1 aromatic heterocycles. The Morgan fingerprint density at radius 3 is 2.52 bits per heavy atom. The number of hydrogen-bond acceptors (Lipinski definition) is 4. The van der Waals surface area contributed by atoms with Crippen LogP contribution >= 0.6 is 43.2 Å². The van der Waals surface area contributed by atoms with Crippen molar-refractivity contribution in [3.8, 4) is 5.75 Å². The van der Waals surface area contributed by atoms with E-state index in [1.165, 1.54) is 5.56 Å². The molecule has 0 aliphatic carbocycles. The summed E-state index contributed by atoms with van der Waals surface area (Å²) >= 11 is 8.78. The highest BCUT2D eigenvalue weighted by atomic mass is 79.9. The summed E-state index contributed by atoms with van der Waals surface area (Å²) in [6, 6.07) is 4.33. The van der Waals surface area contributed by atoms with Gasteiger partial charge in [0.2, 0.25) is 0 Å². The zero-order chi connectivity index (χ0) is 15.4. The molecule has 0 fully saturated rings. The lowest BCUT2D eigenvalue weighted by molar-refractivity contribution is 0.298. The van der Waals surface area contributed by atoms with Crippen LogP contribution in [0.4, 0.5) is 0 Å². The van der Waals surface area contributed by atoms with Crippen LogP contribution in [0, 0.1) is 6.92 Å². The largest absolute Gasteiger partial charge is 0.485 e. The van der Waals surface area contributed by atoms with Crippen molar-refractivity contribution in [3.05, 3.63) is 42.7 Å². The maximum absolute atomic E-state index is 6.01. The monoisotopic (exact) mass is 432 g/mol. The predicted molar refractivity (Wildman–Crippen MR) is 95.0 cm³/mol. The van der Waals surface area contributed by atoms with Gasteiger partial charge in [0, 0.05) is 11.4 Å². The third-order valence-electron chi connectivity index (χ3n) is 3.11. The van der Waals surface area contributed by atoms with E-state index in [1.54, 1.807) is 11.3 Å². The van der Waals surface area contributed by atoms with Gasteiger partial charge < -0.3 is 10.5 Å². The van der Waals surface area contributed by atoms with Crippen molar-refractivity contribution >= 4 is 43.2 Å². The van der Waals surface area contributed by atoms with Gasteiger partial charge >= 0.3 is 0 Å². The topological polar surface area (TPSA) is 48.1 Å². The molecule has 0 radical (unpaired) electrons. The summed E-state index contributed by atoms with van der Waals surface area (Å²) < 4.78 is 7.74. The molecule has 2 N–H and O–H groups in total. The molecule has 0 amide bonds. The number of ether oxygens (including phenoxy) is 1. The van der Waals surface area contributed by atoms with Gasteiger partial charge in [0.05, 0.1) is 19.6 Å². The summed E-state index contributed by atoms with van der Waals surface area (Å²) in [4.78, 5) is 4.40. The average Bonchev–Trinajstić information content (AvgIpc) is 2.83. The van der Waals surface area contributed by atoms with E-state index in [1.807, 2.05) is 12.3 Å². The standard InChI is InChI=1S/C15H18Br2N2OS/c1-3-11(18)4-10-5-13(16)15(14(17)6-10)20-7-12-8-21-9(2)19-12/h5-6,8,11H,3-4,7,18H2,1-2H3. The number of hydrogen-bond donors (Lipinski definition) is 1. The number of rotatable bonds is 6. The first-order valence-corrected chi connectivity index (χ1v) is 9.23. The second-order valence-corrected chi connectivity index (χ2v) is 7.68. The molecule has 6 heteroatoms. The summed E-state index contributed by atoms with van der Waals surface area (Å²) in [7, 11) is 0. The van der Waals surface area contributed by atoms with E-state index in [-0.39, 0.29) is 6.04 Å². The molecular weight excluding hydrogens is 416 g/mol. The van der Waals surface area contributed by atoms with Crippen LogP contribution < -0.4 is 10.5 Å². The molecule has 21 heavy (non-hydrogen) atoms. The number of nitrogens with zero attached hydrogens (tertiary/aromatic N) is 1. The van der Waals surface area contributed by atoms with E-state index in [0.29, 0.717) is 6.61 Å². The summed E-state index contributed by atoms with van der Waals surface area (Å²) in [5.41, 5.74) is 8.16. The first kappa shape index (κ1) is 16.9. The Morgan fingerprint density at radius 2 is 2.00 bits per heavy atom. The van der Waals surface area contributed by atoms with E-state index in [4.69, 9.17) is 10.5 Å². The second-order valence-electron chi connectivity index (χ2n) is 4.91. The molecule has 1 aromatic carbocycles. The lowest BCUT2D eigenvalue weighted by atomic mass is 10.0. The highest BCUT2D eigenvalue weighted by Crippen LogP contribution is 2.35. The SMILES string of the molecule is CCC(N)Cc1cc(Br)c(OCc2csc(C)n2)c(Br)c1. The van der Waals surface area contributed by atoms with Crippen LogP contribution in [-0.2, 0) is 13.0 Å². The molecule has 1 heterocycles. The molecule has 1 unspecified atom stereocenters. The van der Waals surface area contributed by atoms with Crippen LogP contribution in [0.15, 0.2) is 26.5 Å². The van der Waals surface area contributed by atoms with Crippen molar-refractivity contribution in [1.29, 1.82) is 0 Å². The summed E-state index contributed by atoms with van der Waals surface area (Å²) in [6.07, 6.45) is 1.83. The quantitative estimate of drug-likeness (QED) is 0.709. The molecule has 3 nitrogen and oxygen atoms in total. The van der Waals surface area contributed by atoms with Crippen molar-refractivity contribution in [3.63, 3.8) is 0 Å². The number of halogens is 2. The van der Waals surface area contributed by atoms with Crippen molar-refractivity contribution in [1.82, 2.24) is 4.98 Å². The van der Waals surface area contributed by atoms with Gasteiger partial charge in [0.1, 0.15) is 12.4 Å². The lowest BCUT2D eigenvalue weighted by Crippen LogP contribution is -2.21. The third kappa shape index (κ3) is 4.77. The fourth-order valence-corrected chi connectivity index (χ4v) is 4.04. The molecule has 1 atom stereocenters. The Hall–Kier alpha value is -0.430. The molecule has 0 aliphatic rings. The molecule has 0 aliphatic heterocycles. The van der Waals surface area contributed by atoms with Crippen LogP contribution in [0.5, 0.6) is 5.75 Å². The highest BCUT2D eigenvalue weighted by molar-refractivity contribution is 9.11. The first-order valence-electron chi connectivity index (χ1n) is 6.77. The minimum atomic E-state index is 0.188. The van der Waals surface area contributed by atoms with Gasteiger partial charge in [-0.25, -0.2) is 4.98 Å². The normalized spacial score (nSPS) is 12.4. The maximum Gasteiger partial charge on any atom is 0.148 e. The molecular formula is C15H18Br2N2OS. The number of aromatic nitrogens is 1. The summed E-state index contributed by atoms with van der Waals surface area (Å²) in [6.45, 7) is 4.56. The van der Waals surface area contributed by atoms with Crippen molar-refractivity contribution < 1.29 is 4.74 Å². The fourth-order valence-electron chi connectivity index (χ4n) is 1.94. The van der Waals surface area contributed by atoms with Gasteiger partial charge in [-0.3, -0.25) is 0 Å². The number of thiazole rings is 1. The molecule has 0 bridgehead atoms. The van der Waals surface area contributed by atoms with E-state index in [9.17, 15) is 0 Å². The van der Waals surface area contributed by atoms with Crippen molar-refractivity contribution in [2.45, 2.75) is 39.3 Å². The summed E-state index contributed by atoms with van der Waals surface area (Å²) in [5, 5.41) is 3.07. The molecule has 2 rings (SSSR count). The molecule has 0 spiro atoms. The van der Waals surface area contributed by atoms with Gasteiger partial charge in [0.25, 0.3) is 0 Å². The Balaban J connectivity index is 2.09. The minimum Gasteiger partial charge on any atom is -0.485 e. The Bertz CT molecular complexity index is 592. The van der Waals surface area contributed by atoms with Crippen molar-refractivity contribution in [2.75, 3.05) is 0 Å².